The van der Waals surface area contributed by atoms with E-state index in [0.717, 1.165) is 24.9 Å². The van der Waals surface area contributed by atoms with Gasteiger partial charge in [0, 0.05) is 18.2 Å². The van der Waals surface area contributed by atoms with Crippen LogP contribution in [0, 0.1) is 18.7 Å². The summed E-state index contributed by atoms with van der Waals surface area (Å²) in [7, 11) is 0. The summed E-state index contributed by atoms with van der Waals surface area (Å²) < 4.78 is 13.2. The number of benzene rings is 1. The summed E-state index contributed by atoms with van der Waals surface area (Å²) >= 11 is 0. The highest BCUT2D eigenvalue weighted by Gasteiger charge is 2.35. The Morgan fingerprint density at radius 3 is 2.52 bits per heavy atom. The molecule has 0 N–H and O–H groups in total. The van der Waals surface area contributed by atoms with E-state index in [4.69, 9.17) is 0 Å². The second-order valence-corrected chi connectivity index (χ2v) is 6.65. The zero-order chi connectivity index (χ0) is 14.8. The number of carbonyl (C=O) groups excluding carboxylic acids is 1. The van der Waals surface area contributed by atoms with Gasteiger partial charge in [0.15, 0.2) is 0 Å². The van der Waals surface area contributed by atoms with Crippen molar-refractivity contribution in [2.24, 2.45) is 5.92 Å². The number of rotatable bonds is 4. The van der Waals surface area contributed by atoms with Gasteiger partial charge in [0.1, 0.15) is 5.82 Å². The summed E-state index contributed by atoms with van der Waals surface area (Å²) in [5, 5.41) is 0. The van der Waals surface area contributed by atoms with E-state index in [1.54, 1.807) is 6.07 Å². The van der Waals surface area contributed by atoms with E-state index >= 15 is 0 Å². The highest BCUT2D eigenvalue weighted by atomic mass is 19.1. The number of amides is 1. The van der Waals surface area contributed by atoms with Gasteiger partial charge in [0.25, 0.3) is 5.91 Å². The van der Waals surface area contributed by atoms with Gasteiger partial charge in [-0.2, -0.15) is 0 Å². The number of carbonyl (C=O) groups is 1. The predicted molar refractivity (Wildman–Crippen MR) is 81.8 cm³/mol. The molecule has 0 aliphatic heterocycles. The summed E-state index contributed by atoms with van der Waals surface area (Å²) in [6.45, 7) is 2.71. The molecule has 0 spiro atoms. The smallest absolute Gasteiger partial charge is 0.254 e. The van der Waals surface area contributed by atoms with Gasteiger partial charge in [-0.3, -0.25) is 4.79 Å². The molecule has 1 aromatic rings. The maximum Gasteiger partial charge on any atom is 0.254 e. The quantitative estimate of drug-likeness (QED) is 0.808. The van der Waals surface area contributed by atoms with Crippen molar-refractivity contribution >= 4 is 5.91 Å². The van der Waals surface area contributed by atoms with E-state index in [9.17, 15) is 9.18 Å². The van der Waals surface area contributed by atoms with Gasteiger partial charge in [-0.25, -0.2) is 4.39 Å². The average Bonchev–Trinajstić information content (AvgIpc) is 3.30. The first-order valence-electron chi connectivity index (χ1n) is 8.22. The van der Waals surface area contributed by atoms with E-state index in [1.807, 2.05) is 6.92 Å². The number of nitrogens with zero attached hydrogens (tertiary/aromatic N) is 1. The minimum absolute atomic E-state index is 0.0978. The molecule has 1 amide bonds. The summed E-state index contributed by atoms with van der Waals surface area (Å²) in [6, 6.07) is 4.91. The van der Waals surface area contributed by atoms with Crippen molar-refractivity contribution in [3.8, 4) is 0 Å². The molecule has 0 saturated heterocycles. The second-order valence-electron chi connectivity index (χ2n) is 6.65. The Balaban J connectivity index is 1.75. The van der Waals surface area contributed by atoms with Gasteiger partial charge in [0.2, 0.25) is 0 Å². The number of halogens is 1. The van der Waals surface area contributed by atoms with E-state index < -0.39 is 0 Å². The Hall–Kier alpha value is -1.38. The lowest BCUT2D eigenvalue weighted by Crippen LogP contribution is -2.38. The van der Waals surface area contributed by atoms with Crippen molar-refractivity contribution in [1.29, 1.82) is 0 Å². The summed E-state index contributed by atoms with van der Waals surface area (Å²) in [5.41, 5.74) is 1.41. The van der Waals surface area contributed by atoms with Gasteiger partial charge in [-0.15, -0.1) is 0 Å². The molecule has 2 aliphatic rings. The number of aryl methyl sites for hydroxylation is 1. The molecule has 0 heterocycles. The van der Waals surface area contributed by atoms with Crippen molar-refractivity contribution in [3.05, 3.63) is 35.1 Å². The molecule has 0 aromatic heterocycles. The molecule has 0 unspecified atom stereocenters. The normalized spacial score (nSPS) is 19.5. The van der Waals surface area contributed by atoms with E-state index in [2.05, 4.69) is 4.90 Å². The van der Waals surface area contributed by atoms with Crippen LogP contribution < -0.4 is 0 Å². The van der Waals surface area contributed by atoms with Crippen molar-refractivity contribution in [1.82, 2.24) is 4.90 Å². The average molecular weight is 289 g/mol. The van der Waals surface area contributed by atoms with Crippen LogP contribution >= 0.6 is 0 Å². The lowest BCUT2D eigenvalue weighted by Gasteiger charge is -2.30. The Morgan fingerprint density at radius 1 is 1.19 bits per heavy atom. The summed E-state index contributed by atoms with van der Waals surface area (Å²) in [5.74, 6) is 0.485. The lowest BCUT2D eigenvalue weighted by atomic mass is 9.88. The minimum Gasteiger partial charge on any atom is -0.335 e. The minimum atomic E-state index is -0.269. The van der Waals surface area contributed by atoms with Gasteiger partial charge < -0.3 is 4.90 Å². The molecule has 0 bridgehead atoms. The van der Waals surface area contributed by atoms with Gasteiger partial charge >= 0.3 is 0 Å². The van der Waals surface area contributed by atoms with Crippen LogP contribution in [0.1, 0.15) is 60.9 Å². The largest absolute Gasteiger partial charge is 0.335 e. The van der Waals surface area contributed by atoms with Gasteiger partial charge in [-0.05, 0) is 62.3 Å². The molecule has 3 rings (SSSR count). The molecular formula is C18H24FNO. The van der Waals surface area contributed by atoms with Gasteiger partial charge in [-0.1, -0.05) is 19.3 Å². The maximum absolute atomic E-state index is 13.2. The van der Waals surface area contributed by atoms with E-state index in [1.165, 1.54) is 44.2 Å². The standard InChI is InChI=1S/C18H24FNO/c1-13-11-15(19)7-10-17(13)18(21)20(16-8-9-16)12-14-5-3-2-4-6-14/h7,10-11,14,16H,2-6,8-9,12H2,1H3. The predicted octanol–water partition coefficient (Wildman–Crippen LogP) is 4.32. The third-order valence-corrected chi connectivity index (χ3v) is 4.85. The Kier molecular flexibility index (Phi) is 4.27. The Bertz CT molecular complexity index is 518. The van der Waals surface area contributed by atoms with Crippen molar-refractivity contribution in [3.63, 3.8) is 0 Å². The molecule has 114 valence electrons. The fraction of sp³-hybridized carbons (Fsp3) is 0.611. The SMILES string of the molecule is Cc1cc(F)ccc1C(=O)N(CC1CCCCC1)C1CC1. The van der Waals surface area contributed by atoms with E-state index in [-0.39, 0.29) is 11.7 Å². The lowest BCUT2D eigenvalue weighted by molar-refractivity contribution is 0.0698. The molecule has 2 saturated carbocycles. The molecule has 1 aromatic carbocycles. The van der Waals surface area contributed by atoms with Crippen LogP contribution in [0.25, 0.3) is 0 Å². The number of hydrogen-bond donors (Lipinski definition) is 0. The second kappa shape index (κ2) is 6.17. The zero-order valence-corrected chi connectivity index (χ0v) is 12.8. The molecule has 3 heteroatoms. The monoisotopic (exact) mass is 289 g/mol. The highest BCUT2D eigenvalue weighted by molar-refractivity contribution is 5.96. The molecule has 0 atom stereocenters. The van der Waals surface area contributed by atoms with Crippen LogP contribution in [-0.2, 0) is 0 Å². The van der Waals surface area contributed by atoms with Crippen LogP contribution in [0.15, 0.2) is 18.2 Å². The molecule has 0 radical (unpaired) electrons. The first-order valence-corrected chi connectivity index (χ1v) is 8.22. The number of hydrogen-bond acceptors (Lipinski definition) is 1. The third-order valence-electron chi connectivity index (χ3n) is 4.85. The molecule has 21 heavy (non-hydrogen) atoms. The van der Waals surface area contributed by atoms with Crippen LogP contribution in [0.3, 0.4) is 0 Å². The maximum atomic E-state index is 13.2. The van der Waals surface area contributed by atoms with Crippen molar-refractivity contribution in [2.75, 3.05) is 6.54 Å². The molecule has 2 aliphatic carbocycles. The topological polar surface area (TPSA) is 20.3 Å². The van der Waals surface area contributed by atoms with Crippen LogP contribution in [-0.4, -0.2) is 23.4 Å². The molecule has 2 fully saturated rings. The third kappa shape index (κ3) is 3.45. The first kappa shape index (κ1) is 14.6. The van der Waals surface area contributed by atoms with Gasteiger partial charge in [0.05, 0.1) is 0 Å². The Morgan fingerprint density at radius 2 is 1.90 bits per heavy atom. The van der Waals surface area contributed by atoms with Crippen LogP contribution in [0.4, 0.5) is 4.39 Å². The fourth-order valence-electron chi connectivity index (χ4n) is 3.45. The van der Waals surface area contributed by atoms with Crippen molar-refractivity contribution in [2.45, 2.75) is 57.9 Å². The molecular weight excluding hydrogens is 265 g/mol. The summed E-state index contributed by atoms with van der Waals surface area (Å²) in [4.78, 5) is 14.9. The summed E-state index contributed by atoms with van der Waals surface area (Å²) in [6.07, 6.45) is 8.68. The zero-order valence-electron chi connectivity index (χ0n) is 12.8. The van der Waals surface area contributed by atoms with Crippen LogP contribution in [0.2, 0.25) is 0 Å². The first-order chi connectivity index (χ1) is 10.1. The van der Waals surface area contributed by atoms with Crippen molar-refractivity contribution < 1.29 is 9.18 Å². The fourth-order valence-corrected chi connectivity index (χ4v) is 3.45. The van der Waals surface area contributed by atoms with Crippen LogP contribution in [0.5, 0.6) is 0 Å². The molecule has 2 nitrogen and oxygen atoms in total. The Labute approximate surface area is 126 Å². The van der Waals surface area contributed by atoms with E-state index in [0.29, 0.717) is 17.5 Å². The highest BCUT2D eigenvalue weighted by Crippen LogP contribution is 2.32.